The number of halogens is 2. The second kappa shape index (κ2) is 7.29. The minimum atomic E-state index is -0.903. The third-order valence-corrected chi connectivity index (χ3v) is 2.26. The number of nitrogens with one attached hydrogen (secondary N) is 1. The monoisotopic (exact) mass is 246 g/mol. The van der Waals surface area contributed by atoms with Crippen molar-refractivity contribution in [2.24, 2.45) is 5.84 Å². The van der Waals surface area contributed by atoms with Gasteiger partial charge >= 0.3 is 0 Å². The van der Waals surface area contributed by atoms with Gasteiger partial charge < -0.3 is 9.47 Å². The molecule has 1 atom stereocenters. The minimum absolute atomic E-state index is 0.255. The summed E-state index contributed by atoms with van der Waals surface area (Å²) in [7, 11) is 1.57. The van der Waals surface area contributed by atoms with Gasteiger partial charge in [-0.2, -0.15) is 0 Å². The molecule has 1 rings (SSSR count). The van der Waals surface area contributed by atoms with E-state index in [0.717, 1.165) is 12.1 Å². The van der Waals surface area contributed by atoms with Gasteiger partial charge in [0, 0.05) is 7.11 Å². The second-order valence-corrected chi connectivity index (χ2v) is 3.46. The van der Waals surface area contributed by atoms with Crippen LogP contribution in [-0.4, -0.2) is 26.9 Å². The van der Waals surface area contributed by atoms with Crippen molar-refractivity contribution in [3.8, 4) is 0 Å². The van der Waals surface area contributed by atoms with Crippen LogP contribution in [0.1, 0.15) is 11.6 Å². The van der Waals surface area contributed by atoms with Crippen LogP contribution in [0.3, 0.4) is 0 Å². The van der Waals surface area contributed by atoms with Gasteiger partial charge in [-0.25, -0.2) is 8.78 Å². The molecule has 0 radical (unpaired) electrons. The lowest BCUT2D eigenvalue weighted by molar-refractivity contribution is 0.0585. The SMILES string of the molecule is COCCOCC(NN)c1ccc(F)c(F)c1. The van der Waals surface area contributed by atoms with E-state index in [4.69, 9.17) is 15.3 Å². The summed E-state index contributed by atoms with van der Waals surface area (Å²) < 4.78 is 35.8. The summed E-state index contributed by atoms with van der Waals surface area (Å²) in [5, 5.41) is 0. The Bertz CT molecular complexity index is 350. The zero-order valence-corrected chi connectivity index (χ0v) is 9.58. The third kappa shape index (κ3) is 4.35. The summed E-state index contributed by atoms with van der Waals surface area (Å²) >= 11 is 0. The standard InChI is InChI=1S/C11H16F2N2O2/c1-16-4-5-17-7-11(15-14)8-2-3-9(12)10(13)6-8/h2-3,6,11,15H,4-5,7,14H2,1H3. The van der Waals surface area contributed by atoms with E-state index in [1.807, 2.05) is 0 Å². The number of rotatable bonds is 7. The predicted molar refractivity (Wildman–Crippen MR) is 59.1 cm³/mol. The van der Waals surface area contributed by atoms with Crippen LogP contribution >= 0.6 is 0 Å². The fourth-order valence-corrected chi connectivity index (χ4v) is 1.31. The molecule has 1 aromatic carbocycles. The molecule has 0 bridgehead atoms. The zero-order valence-electron chi connectivity index (χ0n) is 9.58. The molecule has 96 valence electrons. The topological polar surface area (TPSA) is 56.5 Å². The van der Waals surface area contributed by atoms with Crippen LogP contribution in [0.15, 0.2) is 18.2 Å². The van der Waals surface area contributed by atoms with Gasteiger partial charge in [-0.15, -0.1) is 0 Å². The molecule has 0 aliphatic carbocycles. The molecule has 0 fully saturated rings. The van der Waals surface area contributed by atoms with Gasteiger partial charge in [-0.1, -0.05) is 6.07 Å². The number of hydrogen-bond donors (Lipinski definition) is 2. The molecule has 0 saturated heterocycles. The third-order valence-electron chi connectivity index (χ3n) is 2.26. The average Bonchev–Trinajstić information content (AvgIpc) is 2.33. The van der Waals surface area contributed by atoms with Gasteiger partial charge in [0.25, 0.3) is 0 Å². The van der Waals surface area contributed by atoms with Gasteiger partial charge in [0.1, 0.15) is 0 Å². The van der Waals surface area contributed by atoms with E-state index in [9.17, 15) is 8.78 Å². The van der Waals surface area contributed by atoms with Crippen molar-refractivity contribution in [1.29, 1.82) is 0 Å². The molecule has 0 aliphatic rings. The Morgan fingerprint density at radius 3 is 2.65 bits per heavy atom. The molecule has 1 unspecified atom stereocenters. The van der Waals surface area contributed by atoms with Crippen molar-refractivity contribution in [3.63, 3.8) is 0 Å². The van der Waals surface area contributed by atoms with Crippen LogP contribution in [0, 0.1) is 11.6 Å². The maximum atomic E-state index is 13.0. The van der Waals surface area contributed by atoms with Crippen molar-refractivity contribution in [3.05, 3.63) is 35.4 Å². The summed E-state index contributed by atoms with van der Waals surface area (Å²) in [5.74, 6) is 3.54. The first-order chi connectivity index (χ1) is 8.19. The number of nitrogens with two attached hydrogens (primary N) is 1. The maximum absolute atomic E-state index is 13.0. The van der Waals surface area contributed by atoms with E-state index in [1.54, 1.807) is 7.11 Å². The average molecular weight is 246 g/mol. The van der Waals surface area contributed by atoms with Crippen LogP contribution in [-0.2, 0) is 9.47 Å². The largest absolute Gasteiger partial charge is 0.382 e. The molecule has 0 heterocycles. The molecule has 0 aliphatic heterocycles. The molecule has 17 heavy (non-hydrogen) atoms. The molecule has 0 amide bonds. The quantitative estimate of drug-likeness (QED) is 0.430. The van der Waals surface area contributed by atoms with E-state index in [-0.39, 0.29) is 12.6 Å². The number of methoxy groups -OCH3 is 1. The summed E-state index contributed by atoms with van der Waals surface area (Å²) in [6.45, 7) is 1.14. The van der Waals surface area contributed by atoms with E-state index < -0.39 is 11.6 Å². The lowest BCUT2D eigenvalue weighted by atomic mass is 10.1. The fourth-order valence-electron chi connectivity index (χ4n) is 1.31. The lowest BCUT2D eigenvalue weighted by Crippen LogP contribution is -2.31. The Morgan fingerprint density at radius 2 is 2.06 bits per heavy atom. The number of hydrazine groups is 1. The summed E-state index contributed by atoms with van der Waals surface area (Å²) in [6, 6.07) is 3.23. The van der Waals surface area contributed by atoms with Gasteiger partial charge in [0.05, 0.1) is 25.9 Å². The van der Waals surface area contributed by atoms with Gasteiger partial charge in [-0.3, -0.25) is 11.3 Å². The Kier molecular flexibility index (Phi) is 5.99. The number of ether oxygens (including phenoxy) is 2. The Labute approximate surface area is 98.7 Å². The normalized spacial score (nSPS) is 12.7. The highest BCUT2D eigenvalue weighted by molar-refractivity contribution is 5.21. The maximum Gasteiger partial charge on any atom is 0.159 e. The Hall–Kier alpha value is -1.08. The molecular formula is C11H16F2N2O2. The molecule has 0 spiro atoms. The smallest absolute Gasteiger partial charge is 0.159 e. The van der Waals surface area contributed by atoms with Crippen molar-refractivity contribution < 1.29 is 18.3 Å². The van der Waals surface area contributed by atoms with Crippen molar-refractivity contribution in [2.45, 2.75) is 6.04 Å². The summed E-state index contributed by atoms with van der Waals surface area (Å²) in [6.07, 6.45) is 0. The fraction of sp³-hybridized carbons (Fsp3) is 0.455. The van der Waals surface area contributed by atoms with E-state index >= 15 is 0 Å². The predicted octanol–water partition coefficient (Wildman–Crippen LogP) is 1.13. The molecule has 0 aromatic heterocycles. The molecule has 3 N–H and O–H groups in total. The highest BCUT2D eigenvalue weighted by atomic mass is 19.2. The van der Waals surface area contributed by atoms with Crippen molar-refractivity contribution in [2.75, 3.05) is 26.9 Å². The van der Waals surface area contributed by atoms with Crippen LogP contribution in [0.2, 0.25) is 0 Å². The summed E-state index contributed by atoms with van der Waals surface area (Å²) in [5.41, 5.74) is 3.02. The van der Waals surface area contributed by atoms with Gasteiger partial charge in [0.2, 0.25) is 0 Å². The van der Waals surface area contributed by atoms with E-state index in [2.05, 4.69) is 5.43 Å². The molecule has 0 saturated carbocycles. The van der Waals surface area contributed by atoms with Gasteiger partial charge in [-0.05, 0) is 17.7 Å². The number of hydrogen-bond acceptors (Lipinski definition) is 4. The van der Waals surface area contributed by atoms with E-state index in [0.29, 0.717) is 18.8 Å². The first-order valence-corrected chi connectivity index (χ1v) is 5.16. The molecule has 4 nitrogen and oxygen atoms in total. The van der Waals surface area contributed by atoms with Crippen molar-refractivity contribution in [1.82, 2.24) is 5.43 Å². The molecule has 1 aromatic rings. The van der Waals surface area contributed by atoms with Crippen LogP contribution in [0.25, 0.3) is 0 Å². The minimum Gasteiger partial charge on any atom is -0.382 e. The number of benzene rings is 1. The lowest BCUT2D eigenvalue weighted by Gasteiger charge is -2.16. The molecule has 6 heteroatoms. The Morgan fingerprint density at radius 1 is 1.29 bits per heavy atom. The first kappa shape index (κ1) is 14.0. The second-order valence-electron chi connectivity index (χ2n) is 3.46. The van der Waals surface area contributed by atoms with Crippen LogP contribution in [0.4, 0.5) is 8.78 Å². The molecular weight excluding hydrogens is 230 g/mol. The summed E-state index contributed by atoms with van der Waals surface area (Å²) in [4.78, 5) is 0. The van der Waals surface area contributed by atoms with Gasteiger partial charge in [0.15, 0.2) is 11.6 Å². The van der Waals surface area contributed by atoms with Crippen LogP contribution in [0.5, 0.6) is 0 Å². The Balaban J connectivity index is 2.56. The van der Waals surface area contributed by atoms with E-state index in [1.165, 1.54) is 6.07 Å². The highest BCUT2D eigenvalue weighted by Crippen LogP contribution is 2.16. The van der Waals surface area contributed by atoms with Crippen LogP contribution < -0.4 is 11.3 Å². The first-order valence-electron chi connectivity index (χ1n) is 5.16. The van der Waals surface area contributed by atoms with Crippen molar-refractivity contribution >= 4 is 0 Å². The zero-order chi connectivity index (χ0) is 12.7. The highest BCUT2D eigenvalue weighted by Gasteiger charge is 2.12.